The Kier molecular flexibility index (Phi) is 4.97. The predicted octanol–water partition coefficient (Wildman–Crippen LogP) is 3.32. The van der Waals surface area contributed by atoms with E-state index in [2.05, 4.69) is 5.10 Å². The molecule has 0 atom stereocenters. The van der Waals surface area contributed by atoms with Gasteiger partial charge in [0.1, 0.15) is 6.61 Å². The molecule has 0 aliphatic heterocycles. The molecule has 4 heteroatoms. The maximum Gasteiger partial charge on any atom is 0.164 e. The van der Waals surface area contributed by atoms with E-state index in [1.807, 2.05) is 37.7 Å². The number of aromatic nitrogens is 2. The first kappa shape index (κ1) is 15.2. The Morgan fingerprint density at radius 3 is 2.70 bits per heavy atom. The molecule has 112 valence electrons. The number of nitrogens with zero attached hydrogens (tertiary/aromatic N) is 2. The average molecular weight is 278 g/mol. The summed E-state index contributed by atoms with van der Waals surface area (Å²) in [6, 6.07) is 2.49. The molecule has 4 nitrogen and oxygen atoms in total. The third-order valence-electron chi connectivity index (χ3n) is 3.66. The molecule has 20 heavy (non-hydrogen) atoms. The monoisotopic (exact) mass is 278 g/mol. The van der Waals surface area contributed by atoms with Gasteiger partial charge >= 0.3 is 0 Å². The molecule has 1 aromatic heterocycles. The molecule has 0 aromatic carbocycles. The van der Waals surface area contributed by atoms with E-state index >= 15 is 0 Å². The Bertz CT molecular complexity index is 440. The minimum atomic E-state index is -0.267. The summed E-state index contributed by atoms with van der Waals surface area (Å²) in [7, 11) is 0. The van der Waals surface area contributed by atoms with Gasteiger partial charge in [0.25, 0.3) is 0 Å². The van der Waals surface area contributed by atoms with Gasteiger partial charge in [0.05, 0.1) is 23.8 Å². The fraction of sp³-hybridized carbons (Fsp3) is 0.750. The molecule has 0 N–H and O–H groups in total. The van der Waals surface area contributed by atoms with Crippen LogP contribution in [0.3, 0.4) is 0 Å². The lowest BCUT2D eigenvalue weighted by Crippen LogP contribution is -2.24. The van der Waals surface area contributed by atoms with Gasteiger partial charge in [-0.15, -0.1) is 0 Å². The number of Topliss-reactive ketones (excluding diaryl/α,β-unsaturated/α-hetero) is 1. The van der Waals surface area contributed by atoms with Gasteiger partial charge in [-0.25, -0.2) is 0 Å². The number of carbonyl (C=O) groups is 1. The maximum absolute atomic E-state index is 11.9. The number of ether oxygens (including phenoxy) is 1. The van der Waals surface area contributed by atoms with Gasteiger partial charge in [-0.05, 0) is 39.7 Å². The van der Waals surface area contributed by atoms with Crippen molar-refractivity contribution in [1.82, 2.24) is 9.78 Å². The largest absolute Gasteiger partial charge is 0.368 e. The van der Waals surface area contributed by atoms with Crippen molar-refractivity contribution in [3.63, 3.8) is 0 Å². The minimum absolute atomic E-state index is 0.0915. The van der Waals surface area contributed by atoms with Crippen LogP contribution in [-0.2, 0) is 16.0 Å². The highest BCUT2D eigenvalue weighted by atomic mass is 16.5. The molecule has 0 unspecified atom stereocenters. The van der Waals surface area contributed by atoms with E-state index in [9.17, 15) is 4.79 Å². The summed E-state index contributed by atoms with van der Waals surface area (Å²) in [4.78, 5) is 11.9. The van der Waals surface area contributed by atoms with Crippen molar-refractivity contribution >= 4 is 5.78 Å². The molecule has 2 rings (SSSR count). The van der Waals surface area contributed by atoms with E-state index in [0.717, 1.165) is 5.69 Å². The minimum Gasteiger partial charge on any atom is -0.368 e. The summed E-state index contributed by atoms with van der Waals surface area (Å²) < 4.78 is 7.55. The van der Waals surface area contributed by atoms with Crippen molar-refractivity contribution in [2.45, 2.75) is 70.9 Å². The van der Waals surface area contributed by atoms with Crippen molar-refractivity contribution < 1.29 is 9.53 Å². The first-order chi connectivity index (χ1) is 9.44. The van der Waals surface area contributed by atoms with E-state index in [0.29, 0.717) is 12.5 Å². The fourth-order valence-corrected chi connectivity index (χ4v) is 2.57. The van der Waals surface area contributed by atoms with Gasteiger partial charge in [0.15, 0.2) is 5.78 Å². The van der Waals surface area contributed by atoms with Crippen molar-refractivity contribution in [2.75, 3.05) is 6.61 Å². The van der Waals surface area contributed by atoms with Crippen LogP contribution < -0.4 is 0 Å². The third kappa shape index (κ3) is 4.75. The van der Waals surface area contributed by atoms with Crippen LogP contribution in [0.4, 0.5) is 0 Å². The number of hydrogen-bond acceptors (Lipinski definition) is 3. The molecule has 1 aliphatic rings. The standard InChI is InChI=1S/C16H26N2O2/c1-16(2,3)20-12-15(19)11-13-9-10-18(17-13)14-7-5-4-6-8-14/h9-10,14H,4-8,11-12H2,1-3H3. The lowest BCUT2D eigenvalue weighted by molar-refractivity contribution is -0.127. The molecule has 1 fully saturated rings. The summed E-state index contributed by atoms with van der Waals surface area (Å²) >= 11 is 0. The van der Waals surface area contributed by atoms with Crippen molar-refractivity contribution in [3.8, 4) is 0 Å². The molecule has 1 heterocycles. The molecule has 0 radical (unpaired) electrons. The van der Waals surface area contributed by atoms with Gasteiger partial charge in [0, 0.05) is 6.20 Å². The van der Waals surface area contributed by atoms with Gasteiger partial charge in [-0.2, -0.15) is 5.10 Å². The van der Waals surface area contributed by atoms with E-state index in [1.165, 1.54) is 32.1 Å². The Morgan fingerprint density at radius 1 is 1.35 bits per heavy atom. The summed E-state index contributed by atoms with van der Waals surface area (Å²) in [5.74, 6) is 0.0915. The number of rotatable bonds is 5. The Labute approximate surface area is 121 Å². The summed E-state index contributed by atoms with van der Waals surface area (Å²) in [5.41, 5.74) is 0.593. The van der Waals surface area contributed by atoms with Gasteiger partial charge < -0.3 is 4.74 Å². The molecular weight excluding hydrogens is 252 g/mol. The predicted molar refractivity (Wildman–Crippen MR) is 78.8 cm³/mol. The zero-order valence-electron chi connectivity index (χ0n) is 12.9. The highest BCUT2D eigenvalue weighted by Crippen LogP contribution is 2.27. The van der Waals surface area contributed by atoms with E-state index in [-0.39, 0.29) is 18.0 Å². The van der Waals surface area contributed by atoms with Crippen molar-refractivity contribution in [2.24, 2.45) is 0 Å². The normalized spacial score (nSPS) is 17.4. The molecule has 0 bridgehead atoms. The average Bonchev–Trinajstić information content (AvgIpc) is 2.85. The molecule has 0 amide bonds. The van der Waals surface area contributed by atoms with Crippen LogP contribution in [0.25, 0.3) is 0 Å². The van der Waals surface area contributed by atoms with E-state index < -0.39 is 0 Å². The zero-order valence-corrected chi connectivity index (χ0v) is 12.9. The van der Waals surface area contributed by atoms with Gasteiger partial charge in [0.2, 0.25) is 0 Å². The molecule has 0 saturated heterocycles. The SMILES string of the molecule is CC(C)(C)OCC(=O)Cc1ccn(C2CCCCC2)n1. The lowest BCUT2D eigenvalue weighted by atomic mass is 9.96. The third-order valence-corrected chi connectivity index (χ3v) is 3.66. The van der Waals surface area contributed by atoms with Crippen LogP contribution in [0.1, 0.15) is 64.6 Å². The Balaban J connectivity index is 1.84. The second-order valence-electron chi connectivity index (χ2n) is 6.70. The fourth-order valence-electron chi connectivity index (χ4n) is 2.57. The van der Waals surface area contributed by atoms with Gasteiger partial charge in [-0.3, -0.25) is 9.48 Å². The molecule has 1 aromatic rings. The van der Waals surface area contributed by atoms with E-state index in [1.54, 1.807) is 0 Å². The Hall–Kier alpha value is -1.16. The number of carbonyl (C=O) groups excluding carboxylic acids is 1. The second-order valence-corrected chi connectivity index (χ2v) is 6.70. The smallest absolute Gasteiger partial charge is 0.164 e. The zero-order chi connectivity index (χ0) is 14.6. The molecular formula is C16H26N2O2. The van der Waals surface area contributed by atoms with Crippen LogP contribution >= 0.6 is 0 Å². The van der Waals surface area contributed by atoms with Crippen LogP contribution in [0.5, 0.6) is 0 Å². The highest BCUT2D eigenvalue weighted by Gasteiger charge is 2.17. The summed E-state index contributed by atoms with van der Waals surface area (Å²) in [5, 5.41) is 4.56. The van der Waals surface area contributed by atoms with Gasteiger partial charge in [-0.1, -0.05) is 19.3 Å². The van der Waals surface area contributed by atoms with Crippen molar-refractivity contribution in [3.05, 3.63) is 18.0 Å². The van der Waals surface area contributed by atoms with Crippen LogP contribution in [0.15, 0.2) is 12.3 Å². The molecule has 1 aliphatic carbocycles. The Morgan fingerprint density at radius 2 is 2.05 bits per heavy atom. The summed E-state index contributed by atoms with van der Waals surface area (Å²) in [6.45, 7) is 6.04. The number of ketones is 1. The van der Waals surface area contributed by atoms with Crippen LogP contribution in [-0.4, -0.2) is 27.8 Å². The van der Waals surface area contributed by atoms with Crippen LogP contribution in [0, 0.1) is 0 Å². The van der Waals surface area contributed by atoms with Crippen LogP contribution in [0.2, 0.25) is 0 Å². The lowest BCUT2D eigenvalue weighted by Gasteiger charge is -2.21. The highest BCUT2D eigenvalue weighted by molar-refractivity contribution is 5.81. The first-order valence-electron chi connectivity index (χ1n) is 7.64. The molecule has 0 spiro atoms. The van der Waals surface area contributed by atoms with E-state index in [4.69, 9.17) is 4.74 Å². The quantitative estimate of drug-likeness (QED) is 0.830. The van der Waals surface area contributed by atoms with Crippen molar-refractivity contribution in [1.29, 1.82) is 0 Å². The molecule has 1 saturated carbocycles. The maximum atomic E-state index is 11.9. The summed E-state index contributed by atoms with van der Waals surface area (Å²) in [6.07, 6.45) is 8.73. The second kappa shape index (κ2) is 6.53. The number of hydrogen-bond donors (Lipinski definition) is 0. The first-order valence-corrected chi connectivity index (χ1v) is 7.64. The topological polar surface area (TPSA) is 44.1 Å².